The van der Waals surface area contributed by atoms with Gasteiger partial charge in [0.1, 0.15) is 0 Å². The molecule has 0 saturated heterocycles. The Morgan fingerprint density at radius 1 is 1.20 bits per heavy atom. The van der Waals surface area contributed by atoms with Crippen LogP contribution in [-0.2, 0) is 13.0 Å². The zero-order valence-electron chi connectivity index (χ0n) is 9.52. The van der Waals surface area contributed by atoms with Gasteiger partial charge in [-0.25, -0.2) is 4.68 Å². The van der Waals surface area contributed by atoms with Gasteiger partial charge >= 0.3 is 0 Å². The fourth-order valence-corrected chi connectivity index (χ4v) is 1.52. The molecule has 2 N–H and O–H groups in total. The van der Waals surface area contributed by atoms with Crippen molar-refractivity contribution in [3.8, 4) is 0 Å². The molecule has 86 valence electrons. The summed E-state index contributed by atoms with van der Waals surface area (Å²) >= 11 is 0. The Kier molecular flexibility index (Phi) is 5.92. The van der Waals surface area contributed by atoms with Gasteiger partial charge in [0.2, 0.25) is 0 Å². The molecule has 0 amide bonds. The van der Waals surface area contributed by atoms with E-state index in [2.05, 4.69) is 22.4 Å². The highest BCUT2D eigenvalue weighted by molar-refractivity contribution is 4.80. The number of rotatable bonds is 8. The normalized spacial score (nSPS) is 10.8. The van der Waals surface area contributed by atoms with Crippen molar-refractivity contribution in [2.24, 2.45) is 5.73 Å². The zero-order valence-corrected chi connectivity index (χ0v) is 9.52. The van der Waals surface area contributed by atoms with Crippen LogP contribution in [0, 0.1) is 0 Å². The molecule has 0 unspecified atom stereocenters. The molecule has 15 heavy (non-hydrogen) atoms. The molecule has 0 atom stereocenters. The maximum Gasteiger partial charge on any atom is 0.151 e. The number of aryl methyl sites for hydroxylation is 2. The average molecular weight is 211 g/mol. The number of nitrogens with two attached hydrogens (primary N) is 1. The van der Waals surface area contributed by atoms with E-state index in [9.17, 15) is 0 Å². The highest BCUT2D eigenvalue weighted by Gasteiger charge is 2.04. The van der Waals surface area contributed by atoms with Crippen molar-refractivity contribution in [2.45, 2.75) is 52.0 Å². The van der Waals surface area contributed by atoms with Gasteiger partial charge in [0, 0.05) is 13.0 Å². The molecule has 0 aromatic carbocycles. The Morgan fingerprint density at radius 3 is 2.80 bits per heavy atom. The van der Waals surface area contributed by atoms with Gasteiger partial charge in [0.15, 0.2) is 5.82 Å². The summed E-state index contributed by atoms with van der Waals surface area (Å²) < 4.78 is 1.91. The fraction of sp³-hybridized carbons (Fsp3) is 0.900. The highest BCUT2D eigenvalue weighted by Crippen LogP contribution is 2.03. The van der Waals surface area contributed by atoms with Crippen LogP contribution in [-0.4, -0.2) is 26.8 Å². The molecule has 0 aliphatic rings. The maximum atomic E-state index is 5.46. The summed E-state index contributed by atoms with van der Waals surface area (Å²) in [6.45, 7) is 3.85. The Labute approximate surface area is 91.0 Å². The maximum absolute atomic E-state index is 5.46. The SMILES string of the molecule is CCCCCCn1nnnc1CCCN. The molecule has 1 heterocycles. The first-order chi connectivity index (χ1) is 7.38. The monoisotopic (exact) mass is 211 g/mol. The summed E-state index contributed by atoms with van der Waals surface area (Å²) in [5, 5.41) is 11.7. The number of hydrogen-bond donors (Lipinski definition) is 1. The molecule has 1 aromatic rings. The van der Waals surface area contributed by atoms with Crippen molar-refractivity contribution < 1.29 is 0 Å². The first kappa shape index (κ1) is 12.1. The predicted octanol–water partition coefficient (Wildman–Crippen LogP) is 1.14. The Bertz CT molecular complexity index is 258. The summed E-state index contributed by atoms with van der Waals surface area (Å²) in [5.74, 6) is 0.969. The van der Waals surface area contributed by atoms with E-state index < -0.39 is 0 Å². The minimum atomic E-state index is 0.697. The van der Waals surface area contributed by atoms with Crippen molar-refractivity contribution in [1.29, 1.82) is 0 Å². The van der Waals surface area contributed by atoms with E-state index in [1.807, 2.05) is 4.68 Å². The van der Waals surface area contributed by atoms with Gasteiger partial charge in [-0.3, -0.25) is 0 Å². The second-order valence-electron chi connectivity index (χ2n) is 3.77. The summed E-state index contributed by atoms with van der Waals surface area (Å²) in [6.07, 6.45) is 6.81. The van der Waals surface area contributed by atoms with E-state index in [1.54, 1.807) is 0 Å². The topological polar surface area (TPSA) is 69.6 Å². The van der Waals surface area contributed by atoms with Crippen LogP contribution in [0.25, 0.3) is 0 Å². The number of unbranched alkanes of at least 4 members (excludes halogenated alkanes) is 3. The van der Waals surface area contributed by atoms with Gasteiger partial charge in [0.25, 0.3) is 0 Å². The van der Waals surface area contributed by atoms with Gasteiger partial charge in [-0.05, 0) is 29.8 Å². The smallest absolute Gasteiger partial charge is 0.151 e. The lowest BCUT2D eigenvalue weighted by Gasteiger charge is -2.03. The zero-order chi connectivity index (χ0) is 10.9. The molecule has 5 nitrogen and oxygen atoms in total. The molecule has 0 aliphatic heterocycles. The lowest BCUT2D eigenvalue weighted by molar-refractivity contribution is 0.509. The predicted molar refractivity (Wildman–Crippen MR) is 59.3 cm³/mol. The quantitative estimate of drug-likeness (QED) is 0.655. The average Bonchev–Trinajstić information content (AvgIpc) is 2.69. The molecule has 0 spiro atoms. The Hall–Kier alpha value is -0.970. The van der Waals surface area contributed by atoms with Crippen molar-refractivity contribution >= 4 is 0 Å². The van der Waals surface area contributed by atoms with Gasteiger partial charge < -0.3 is 5.73 Å². The van der Waals surface area contributed by atoms with E-state index in [0.717, 1.165) is 31.6 Å². The lowest BCUT2D eigenvalue weighted by Crippen LogP contribution is -2.08. The molecule has 5 heteroatoms. The summed E-state index contributed by atoms with van der Waals surface area (Å²) in [7, 11) is 0. The van der Waals surface area contributed by atoms with Crippen molar-refractivity contribution in [3.05, 3.63) is 5.82 Å². The summed E-state index contributed by atoms with van der Waals surface area (Å²) in [4.78, 5) is 0. The molecule has 1 rings (SSSR count). The minimum Gasteiger partial charge on any atom is -0.330 e. The standard InChI is InChI=1S/C10H21N5/c1-2-3-4-5-9-15-10(7-6-8-11)12-13-14-15/h2-9,11H2,1H3. The molecule has 0 aliphatic carbocycles. The molecule has 0 bridgehead atoms. The number of nitrogens with zero attached hydrogens (tertiary/aromatic N) is 4. The molecule has 0 fully saturated rings. The third-order valence-corrected chi connectivity index (χ3v) is 2.43. The van der Waals surface area contributed by atoms with E-state index in [-0.39, 0.29) is 0 Å². The second kappa shape index (κ2) is 7.34. The van der Waals surface area contributed by atoms with Crippen molar-refractivity contribution in [3.63, 3.8) is 0 Å². The summed E-state index contributed by atoms with van der Waals surface area (Å²) in [6, 6.07) is 0. The van der Waals surface area contributed by atoms with Crippen LogP contribution < -0.4 is 5.73 Å². The molecular formula is C10H21N5. The minimum absolute atomic E-state index is 0.697. The van der Waals surface area contributed by atoms with Crippen LogP contribution in [0.1, 0.15) is 44.9 Å². The largest absolute Gasteiger partial charge is 0.330 e. The van der Waals surface area contributed by atoms with Crippen LogP contribution in [0.2, 0.25) is 0 Å². The number of aromatic nitrogens is 4. The van der Waals surface area contributed by atoms with E-state index in [0.29, 0.717) is 6.54 Å². The Balaban J connectivity index is 2.29. The lowest BCUT2D eigenvalue weighted by atomic mass is 10.2. The van der Waals surface area contributed by atoms with Crippen molar-refractivity contribution in [2.75, 3.05) is 6.54 Å². The highest BCUT2D eigenvalue weighted by atomic mass is 15.5. The van der Waals surface area contributed by atoms with Gasteiger partial charge in [-0.15, -0.1) is 5.10 Å². The van der Waals surface area contributed by atoms with Gasteiger partial charge in [0.05, 0.1) is 0 Å². The van der Waals surface area contributed by atoms with E-state index in [1.165, 1.54) is 19.3 Å². The number of hydrogen-bond acceptors (Lipinski definition) is 4. The van der Waals surface area contributed by atoms with Crippen LogP contribution in [0.4, 0.5) is 0 Å². The van der Waals surface area contributed by atoms with E-state index >= 15 is 0 Å². The first-order valence-corrected chi connectivity index (χ1v) is 5.83. The van der Waals surface area contributed by atoms with Crippen LogP contribution in [0.5, 0.6) is 0 Å². The van der Waals surface area contributed by atoms with Crippen LogP contribution >= 0.6 is 0 Å². The van der Waals surface area contributed by atoms with Crippen LogP contribution in [0.15, 0.2) is 0 Å². The molecule has 0 saturated carbocycles. The van der Waals surface area contributed by atoms with Gasteiger partial charge in [-0.1, -0.05) is 26.2 Å². The number of tetrazole rings is 1. The molecular weight excluding hydrogens is 190 g/mol. The van der Waals surface area contributed by atoms with Gasteiger partial charge in [-0.2, -0.15) is 0 Å². The third-order valence-electron chi connectivity index (χ3n) is 2.43. The van der Waals surface area contributed by atoms with Crippen molar-refractivity contribution in [1.82, 2.24) is 20.2 Å². The molecule has 1 aromatic heterocycles. The van der Waals surface area contributed by atoms with E-state index in [4.69, 9.17) is 5.73 Å². The second-order valence-corrected chi connectivity index (χ2v) is 3.77. The Morgan fingerprint density at radius 2 is 2.07 bits per heavy atom. The third kappa shape index (κ3) is 4.38. The first-order valence-electron chi connectivity index (χ1n) is 5.83. The molecule has 0 radical (unpaired) electrons. The fourth-order valence-electron chi connectivity index (χ4n) is 1.52. The summed E-state index contributed by atoms with van der Waals surface area (Å²) in [5.41, 5.74) is 5.46. The van der Waals surface area contributed by atoms with Crippen LogP contribution in [0.3, 0.4) is 0 Å².